The molecule has 3 heterocycles. The van der Waals surface area contributed by atoms with Gasteiger partial charge in [0.2, 0.25) is 5.79 Å². The summed E-state index contributed by atoms with van der Waals surface area (Å²) in [6.07, 6.45) is 4.67. The van der Waals surface area contributed by atoms with Crippen molar-refractivity contribution in [1.82, 2.24) is 4.90 Å². The van der Waals surface area contributed by atoms with Gasteiger partial charge in [-0.1, -0.05) is 44.6 Å². The van der Waals surface area contributed by atoms with Crippen molar-refractivity contribution in [2.75, 3.05) is 27.9 Å². The van der Waals surface area contributed by atoms with Crippen molar-refractivity contribution in [3.8, 4) is 0 Å². The molecular weight excluding hydrogens is 734 g/mol. The van der Waals surface area contributed by atoms with Crippen LogP contribution in [0.15, 0.2) is 36.0 Å². The highest BCUT2D eigenvalue weighted by Crippen LogP contribution is 2.39. The van der Waals surface area contributed by atoms with Crippen molar-refractivity contribution in [2.24, 2.45) is 29.6 Å². The zero-order valence-electron chi connectivity index (χ0n) is 35.4. The van der Waals surface area contributed by atoms with Gasteiger partial charge in [-0.05, 0) is 89.5 Å². The van der Waals surface area contributed by atoms with Crippen molar-refractivity contribution in [3.05, 3.63) is 36.0 Å². The van der Waals surface area contributed by atoms with E-state index >= 15 is 0 Å². The van der Waals surface area contributed by atoms with Gasteiger partial charge in [-0.2, -0.15) is 0 Å². The highest BCUT2D eigenvalue weighted by atomic mass is 16.7. The summed E-state index contributed by atoms with van der Waals surface area (Å²) in [4.78, 5) is 57.7. The third-order valence-electron chi connectivity index (χ3n) is 12.9. The van der Waals surface area contributed by atoms with Crippen LogP contribution in [0.5, 0.6) is 0 Å². The number of piperidine rings is 1. The van der Waals surface area contributed by atoms with Crippen molar-refractivity contribution in [1.29, 1.82) is 0 Å². The first-order valence-corrected chi connectivity index (χ1v) is 20.9. The lowest BCUT2D eigenvalue weighted by Gasteiger charge is -2.47. The summed E-state index contributed by atoms with van der Waals surface area (Å²) in [6, 6.07) is -1.10. The second-order valence-corrected chi connectivity index (χ2v) is 17.3. The summed E-state index contributed by atoms with van der Waals surface area (Å²) in [5.74, 6) is -7.58. The molecule has 57 heavy (non-hydrogen) atoms. The Morgan fingerprint density at radius 1 is 0.877 bits per heavy atom. The van der Waals surface area contributed by atoms with Gasteiger partial charge in [-0.25, -0.2) is 4.79 Å². The molecule has 3 N–H and O–H groups in total. The monoisotopic (exact) mass is 803 g/mol. The van der Waals surface area contributed by atoms with E-state index in [9.17, 15) is 34.5 Å². The number of nitrogens with zero attached hydrogens (tertiary/aromatic N) is 1. The molecule has 14 atom stereocenters. The van der Waals surface area contributed by atoms with Gasteiger partial charge < -0.3 is 43.9 Å². The van der Waals surface area contributed by atoms with Crippen molar-refractivity contribution < 1.29 is 58.2 Å². The number of ketones is 2. The average molecular weight is 804 g/mol. The fourth-order valence-electron chi connectivity index (χ4n) is 9.45. The van der Waals surface area contributed by atoms with Gasteiger partial charge in [-0.15, -0.1) is 6.58 Å². The number of carbonyl (C=O) groups excluding carboxylic acids is 4. The summed E-state index contributed by atoms with van der Waals surface area (Å²) >= 11 is 0. The smallest absolute Gasteiger partial charge is 0.329 e. The standard InChI is InChI=1S/C44H69NO12/c1-10-13-30-19-25(2)18-26(3)20-37(54-8)40-38(55-9)22-29(6)44(52,57-40)41(49)42(50)45-17-12-11-14-32(45)43(51)56-39(31-15-16-33(46)36(23-31)53-7)28(5)21-27(4)34(47)24-35(30)48/h10,19,21,26-27,29-34,36-40,46-47,52H,1,11-18,20,22-24H2,2-9H3/b25-19+,28-21+/t26-,27-,29+,30+,31+,32-,33+,34-,36-,37-,38+,39-,40+,44+/m0/s1. The quantitative estimate of drug-likeness (QED) is 0.193. The number of amides is 1. The van der Waals surface area contributed by atoms with Crippen LogP contribution < -0.4 is 0 Å². The Balaban J connectivity index is 1.78. The lowest BCUT2D eigenvalue weighted by molar-refractivity contribution is -0.302. The predicted molar refractivity (Wildman–Crippen MR) is 213 cm³/mol. The number of allylic oxidation sites excluding steroid dienone is 3. The Hall–Kier alpha value is -2.78. The fraction of sp³-hybridized carbons (Fsp3) is 0.773. The van der Waals surface area contributed by atoms with Crippen molar-refractivity contribution in [3.63, 3.8) is 0 Å². The Morgan fingerprint density at radius 2 is 1.54 bits per heavy atom. The number of cyclic esters (lactones) is 1. The van der Waals surface area contributed by atoms with Crippen LogP contribution in [0.25, 0.3) is 0 Å². The maximum atomic E-state index is 14.3. The van der Waals surface area contributed by atoms with Gasteiger partial charge in [-0.3, -0.25) is 14.4 Å². The number of hydrogen-bond donors (Lipinski definition) is 3. The first-order valence-electron chi connectivity index (χ1n) is 20.9. The number of methoxy groups -OCH3 is 3. The molecule has 0 aromatic carbocycles. The second-order valence-electron chi connectivity index (χ2n) is 17.3. The zero-order valence-corrected chi connectivity index (χ0v) is 35.4. The molecular formula is C44H69NO12. The van der Waals surface area contributed by atoms with Crippen LogP contribution in [0.4, 0.5) is 0 Å². The van der Waals surface area contributed by atoms with Gasteiger partial charge in [0.1, 0.15) is 24.0 Å². The topological polar surface area (TPSA) is 178 Å². The molecule has 4 aliphatic rings. The third-order valence-corrected chi connectivity index (χ3v) is 12.9. The van der Waals surface area contributed by atoms with Gasteiger partial charge in [0.25, 0.3) is 11.7 Å². The largest absolute Gasteiger partial charge is 0.456 e. The van der Waals surface area contributed by atoms with E-state index < -0.39 is 90.0 Å². The van der Waals surface area contributed by atoms with Gasteiger partial charge in [0.15, 0.2) is 0 Å². The van der Waals surface area contributed by atoms with Crippen LogP contribution in [-0.4, -0.2) is 126 Å². The van der Waals surface area contributed by atoms with Crippen LogP contribution in [0.1, 0.15) is 105 Å². The Kier molecular flexibility index (Phi) is 17.2. The molecule has 0 aromatic heterocycles. The van der Waals surface area contributed by atoms with E-state index in [2.05, 4.69) is 6.58 Å². The number of hydrogen-bond acceptors (Lipinski definition) is 12. The summed E-state index contributed by atoms with van der Waals surface area (Å²) in [5, 5.41) is 34.0. The molecule has 0 aromatic rings. The van der Waals surface area contributed by atoms with Gasteiger partial charge in [0.05, 0.1) is 30.5 Å². The molecule has 1 amide bonds. The van der Waals surface area contributed by atoms with Crippen LogP contribution in [0, 0.1) is 29.6 Å². The van der Waals surface area contributed by atoms with E-state index in [1.54, 1.807) is 13.0 Å². The molecule has 0 spiro atoms. The number of ether oxygens (including phenoxy) is 5. The van der Waals surface area contributed by atoms with Crippen LogP contribution >= 0.6 is 0 Å². The SMILES string of the molecule is C=CC[C@@H]1/C=C(\C)C[C@H](C)C[C@H](OC)[C@H]2O[C@@](O)(C(=O)C(=O)N3CCCC[C@H]3C(=O)O[C@H]([C@@H]3CC[C@@H](O)[C@@H](OC)C3)/C(C)=C/[C@H](C)[C@@H](O)CC1=O)[C@H](C)C[C@H]2OC. The summed E-state index contributed by atoms with van der Waals surface area (Å²) in [6.45, 7) is 13.2. The molecule has 322 valence electrons. The van der Waals surface area contributed by atoms with E-state index in [1.165, 1.54) is 26.2 Å². The molecule has 1 aliphatic carbocycles. The molecule has 13 heteroatoms. The first-order chi connectivity index (χ1) is 27.0. The highest BCUT2D eigenvalue weighted by Gasteiger charge is 2.56. The summed E-state index contributed by atoms with van der Waals surface area (Å²) in [7, 11) is 4.58. The van der Waals surface area contributed by atoms with Crippen LogP contribution in [-0.2, 0) is 42.9 Å². The molecule has 13 nitrogen and oxygen atoms in total. The van der Waals surface area contributed by atoms with E-state index in [-0.39, 0.29) is 43.4 Å². The lowest BCUT2D eigenvalue weighted by atomic mass is 9.79. The number of rotatable bonds is 6. The Morgan fingerprint density at radius 3 is 2.19 bits per heavy atom. The number of aliphatic hydroxyl groups is 3. The number of Topliss-reactive ketones (excluding diaryl/α,β-unsaturated/α-hetero) is 2. The number of esters is 1. The minimum absolute atomic E-state index is 0.0107. The molecule has 2 bridgehead atoms. The van der Waals surface area contributed by atoms with E-state index in [4.69, 9.17) is 23.7 Å². The van der Waals surface area contributed by atoms with Crippen LogP contribution in [0.2, 0.25) is 0 Å². The minimum atomic E-state index is -2.51. The highest BCUT2D eigenvalue weighted by molar-refractivity contribution is 6.39. The van der Waals surface area contributed by atoms with E-state index in [0.29, 0.717) is 56.9 Å². The predicted octanol–water partition coefficient (Wildman–Crippen LogP) is 4.64. The van der Waals surface area contributed by atoms with Gasteiger partial charge >= 0.3 is 5.97 Å². The van der Waals surface area contributed by atoms with Crippen molar-refractivity contribution in [2.45, 2.75) is 160 Å². The van der Waals surface area contributed by atoms with Crippen LogP contribution in [0.3, 0.4) is 0 Å². The molecule has 0 unspecified atom stereocenters. The maximum absolute atomic E-state index is 14.3. The first kappa shape index (κ1) is 46.9. The number of carbonyl (C=O) groups is 4. The fourth-order valence-corrected chi connectivity index (χ4v) is 9.45. The third kappa shape index (κ3) is 11.3. The molecule has 3 aliphatic heterocycles. The Labute approximate surface area is 339 Å². The minimum Gasteiger partial charge on any atom is -0.456 e. The Bertz CT molecular complexity index is 1480. The number of aliphatic hydroxyl groups excluding tert-OH is 2. The second kappa shape index (κ2) is 21.0. The summed E-state index contributed by atoms with van der Waals surface area (Å²) in [5.41, 5.74) is 1.62. The normalized spacial score (nSPS) is 41.9. The molecule has 3 fully saturated rings. The molecule has 4 rings (SSSR count). The zero-order chi connectivity index (χ0) is 42.2. The molecule has 1 saturated carbocycles. The van der Waals surface area contributed by atoms with E-state index in [0.717, 1.165) is 5.57 Å². The molecule has 2 saturated heterocycles. The summed E-state index contributed by atoms with van der Waals surface area (Å²) < 4.78 is 29.9. The van der Waals surface area contributed by atoms with E-state index in [1.807, 2.05) is 39.8 Å². The number of fused-ring (bicyclic) bond motifs is 3. The van der Waals surface area contributed by atoms with Crippen molar-refractivity contribution >= 4 is 23.4 Å². The lowest BCUT2D eigenvalue weighted by Crippen LogP contribution is -2.64. The van der Waals surface area contributed by atoms with Gasteiger partial charge in [0, 0.05) is 58.0 Å². The average Bonchev–Trinajstić information content (AvgIpc) is 3.18. The maximum Gasteiger partial charge on any atom is 0.329 e. The molecule has 0 radical (unpaired) electrons.